The Morgan fingerprint density at radius 1 is 1.26 bits per heavy atom. The van der Waals surface area contributed by atoms with Gasteiger partial charge in [-0.05, 0) is 30.5 Å². The van der Waals surface area contributed by atoms with E-state index in [4.69, 9.17) is 5.11 Å². The van der Waals surface area contributed by atoms with E-state index >= 15 is 0 Å². The highest BCUT2D eigenvalue weighted by molar-refractivity contribution is 5.89. The standard InChI is InChI=1S/C14H20N2O3/c1-9(2)10(3)15-14(19)16-12-6-4-5-11(7-12)8-13(17)18/h4-7,9-10H,8H2,1-3H3,(H,17,18)(H2,15,16,19). The highest BCUT2D eigenvalue weighted by atomic mass is 16.4. The molecule has 2 amide bonds. The molecule has 0 radical (unpaired) electrons. The molecule has 0 saturated carbocycles. The minimum absolute atomic E-state index is 0.0560. The van der Waals surface area contributed by atoms with Gasteiger partial charge in [0.2, 0.25) is 0 Å². The Labute approximate surface area is 113 Å². The molecule has 1 atom stereocenters. The zero-order valence-corrected chi connectivity index (χ0v) is 11.4. The van der Waals surface area contributed by atoms with Crippen molar-refractivity contribution in [2.24, 2.45) is 5.92 Å². The monoisotopic (exact) mass is 264 g/mol. The first-order valence-corrected chi connectivity index (χ1v) is 6.26. The van der Waals surface area contributed by atoms with Gasteiger partial charge in [0.05, 0.1) is 6.42 Å². The van der Waals surface area contributed by atoms with Crippen LogP contribution >= 0.6 is 0 Å². The first-order valence-electron chi connectivity index (χ1n) is 6.26. The number of rotatable bonds is 5. The fourth-order valence-corrected chi connectivity index (χ4v) is 1.47. The summed E-state index contributed by atoms with van der Waals surface area (Å²) in [5.41, 5.74) is 1.24. The minimum atomic E-state index is -0.893. The van der Waals surface area contributed by atoms with Crippen LogP contribution in [0.3, 0.4) is 0 Å². The number of hydrogen-bond acceptors (Lipinski definition) is 2. The predicted octanol–water partition coefficient (Wildman–Crippen LogP) is 2.48. The van der Waals surface area contributed by atoms with Crippen molar-refractivity contribution in [2.45, 2.75) is 33.2 Å². The van der Waals surface area contributed by atoms with Crippen LogP contribution in [0.15, 0.2) is 24.3 Å². The smallest absolute Gasteiger partial charge is 0.319 e. The van der Waals surface area contributed by atoms with Gasteiger partial charge in [-0.2, -0.15) is 0 Å². The van der Waals surface area contributed by atoms with Crippen LogP contribution in [0, 0.1) is 5.92 Å². The summed E-state index contributed by atoms with van der Waals surface area (Å²) >= 11 is 0. The van der Waals surface area contributed by atoms with Gasteiger partial charge in [0.25, 0.3) is 0 Å². The third-order valence-electron chi connectivity index (χ3n) is 2.90. The number of benzene rings is 1. The number of amides is 2. The Balaban J connectivity index is 2.61. The molecule has 104 valence electrons. The normalized spacial score (nSPS) is 12.0. The van der Waals surface area contributed by atoms with E-state index in [1.54, 1.807) is 24.3 Å². The topological polar surface area (TPSA) is 78.4 Å². The number of hydrogen-bond donors (Lipinski definition) is 3. The number of nitrogens with one attached hydrogen (secondary N) is 2. The van der Waals surface area contributed by atoms with Crippen molar-refractivity contribution in [3.63, 3.8) is 0 Å². The van der Waals surface area contributed by atoms with E-state index in [2.05, 4.69) is 10.6 Å². The maximum atomic E-state index is 11.7. The van der Waals surface area contributed by atoms with Gasteiger partial charge < -0.3 is 15.7 Å². The Kier molecular flexibility index (Phi) is 5.36. The average Bonchev–Trinajstić information content (AvgIpc) is 2.27. The van der Waals surface area contributed by atoms with Crippen molar-refractivity contribution in [3.05, 3.63) is 29.8 Å². The van der Waals surface area contributed by atoms with Crippen LogP contribution in [-0.4, -0.2) is 23.1 Å². The highest BCUT2D eigenvalue weighted by Gasteiger charge is 2.10. The van der Waals surface area contributed by atoms with Gasteiger partial charge in [-0.1, -0.05) is 26.0 Å². The number of carbonyl (C=O) groups is 2. The van der Waals surface area contributed by atoms with Crippen LogP contribution in [-0.2, 0) is 11.2 Å². The lowest BCUT2D eigenvalue weighted by molar-refractivity contribution is -0.136. The van der Waals surface area contributed by atoms with Crippen molar-refractivity contribution >= 4 is 17.7 Å². The molecule has 3 N–H and O–H groups in total. The molecule has 0 aliphatic rings. The molecule has 0 aliphatic heterocycles. The molecule has 5 heteroatoms. The van der Waals surface area contributed by atoms with E-state index in [1.165, 1.54) is 0 Å². The number of carbonyl (C=O) groups excluding carboxylic acids is 1. The molecule has 0 saturated heterocycles. The number of carboxylic acids is 1. The number of carboxylic acid groups (broad SMARTS) is 1. The Morgan fingerprint density at radius 2 is 1.95 bits per heavy atom. The molecule has 0 aliphatic carbocycles. The van der Waals surface area contributed by atoms with Crippen LogP contribution in [0.5, 0.6) is 0 Å². The molecule has 19 heavy (non-hydrogen) atoms. The first-order chi connectivity index (χ1) is 8.88. The summed E-state index contributed by atoms with van der Waals surface area (Å²) in [5.74, 6) is -0.542. The van der Waals surface area contributed by atoms with Gasteiger partial charge in [-0.3, -0.25) is 4.79 Å². The summed E-state index contributed by atoms with van der Waals surface area (Å²) in [6.45, 7) is 5.99. The van der Waals surface area contributed by atoms with Gasteiger partial charge in [0.1, 0.15) is 0 Å². The molecular formula is C14H20N2O3. The third-order valence-corrected chi connectivity index (χ3v) is 2.90. The molecule has 1 aromatic rings. The van der Waals surface area contributed by atoms with Gasteiger partial charge in [0, 0.05) is 11.7 Å². The van der Waals surface area contributed by atoms with Crippen molar-refractivity contribution < 1.29 is 14.7 Å². The Morgan fingerprint density at radius 3 is 2.53 bits per heavy atom. The van der Waals surface area contributed by atoms with E-state index in [0.29, 0.717) is 17.2 Å². The first kappa shape index (κ1) is 15.0. The lowest BCUT2D eigenvalue weighted by atomic mass is 10.1. The van der Waals surface area contributed by atoms with Crippen LogP contribution in [0.2, 0.25) is 0 Å². The molecule has 0 aromatic heterocycles. The van der Waals surface area contributed by atoms with Crippen LogP contribution in [0.1, 0.15) is 26.3 Å². The quantitative estimate of drug-likeness (QED) is 0.764. The van der Waals surface area contributed by atoms with Crippen molar-refractivity contribution in [1.82, 2.24) is 5.32 Å². The molecule has 1 unspecified atom stereocenters. The molecular weight excluding hydrogens is 244 g/mol. The SMILES string of the molecule is CC(C)C(C)NC(=O)Nc1cccc(CC(=O)O)c1. The Bertz CT molecular complexity index is 458. The van der Waals surface area contributed by atoms with E-state index < -0.39 is 5.97 Å². The summed E-state index contributed by atoms with van der Waals surface area (Å²) in [5, 5.41) is 14.2. The average molecular weight is 264 g/mol. The lowest BCUT2D eigenvalue weighted by Crippen LogP contribution is -2.39. The molecule has 0 spiro atoms. The molecule has 5 nitrogen and oxygen atoms in total. The summed E-state index contributed by atoms with van der Waals surface area (Å²) in [4.78, 5) is 22.3. The van der Waals surface area contributed by atoms with Crippen LogP contribution < -0.4 is 10.6 Å². The fraction of sp³-hybridized carbons (Fsp3) is 0.429. The molecule has 0 heterocycles. The van der Waals surface area contributed by atoms with E-state index in [9.17, 15) is 9.59 Å². The van der Waals surface area contributed by atoms with Gasteiger partial charge in [-0.15, -0.1) is 0 Å². The molecule has 1 rings (SSSR count). The predicted molar refractivity (Wildman–Crippen MR) is 74.2 cm³/mol. The second-order valence-corrected chi connectivity index (χ2v) is 4.90. The summed E-state index contributed by atoms with van der Waals surface area (Å²) in [6.07, 6.45) is -0.0560. The van der Waals surface area contributed by atoms with Gasteiger partial charge >= 0.3 is 12.0 Å². The fourth-order valence-electron chi connectivity index (χ4n) is 1.47. The largest absolute Gasteiger partial charge is 0.481 e. The second-order valence-electron chi connectivity index (χ2n) is 4.90. The summed E-state index contributed by atoms with van der Waals surface area (Å²) in [6, 6.07) is 6.61. The summed E-state index contributed by atoms with van der Waals surface area (Å²) in [7, 11) is 0. The maximum Gasteiger partial charge on any atom is 0.319 e. The van der Waals surface area contributed by atoms with Gasteiger partial charge in [0.15, 0.2) is 0 Å². The number of urea groups is 1. The molecule has 0 fully saturated rings. The third kappa shape index (κ3) is 5.42. The van der Waals surface area contributed by atoms with Crippen molar-refractivity contribution in [1.29, 1.82) is 0 Å². The maximum absolute atomic E-state index is 11.7. The lowest BCUT2D eigenvalue weighted by Gasteiger charge is -2.18. The zero-order valence-electron chi connectivity index (χ0n) is 11.4. The summed E-state index contributed by atoms with van der Waals surface area (Å²) < 4.78 is 0. The van der Waals surface area contributed by atoms with E-state index in [0.717, 1.165) is 0 Å². The van der Waals surface area contributed by atoms with E-state index in [1.807, 2.05) is 20.8 Å². The van der Waals surface area contributed by atoms with Crippen LogP contribution in [0.25, 0.3) is 0 Å². The Hall–Kier alpha value is -2.04. The molecule has 0 bridgehead atoms. The van der Waals surface area contributed by atoms with E-state index in [-0.39, 0.29) is 18.5 Å². The zero-order chi connectivity index (χ0) is 14.4. The van der Waals surface area contributed by atoms with Crippen molar-refractivity contribution in [3.8, 4) is 0 Å². The minimum Gasteiger partial charge on any atom is -0.481 e. The highest BCUT2D eigenvalue weighted by Crippen LogP contribution is 2.11. The van der Waals surface area contributed by atoms with Crippen molar-refractivity contribution in [2.75, 3.05) is 5.32 Å². The van der Waals surface area contributed by atoms with Gasteiger partial charge in [-0.25, -0.2) is 4.79 Å². The van der Waals surface area contributed by atoms with Crippen LogP contribution in [0.4, 0.5) is 10.5 Å². The molecule has 1 aromatic carbocycles. The second kappa shape index (κ2) is 6.78. The number of anilines is 1. The number of aliphatic carboxylic acids is 1.